The van der Waals surface area contributed by atoms with E-state index in [4.69, 9.17) is 23.8 Å². The smallest absolute Gasteiger partial charge is 0.253 e. The molecule has 0 bridgehead atoms. The van der Waals surface area contributed by atoms with Gasteiger partial charge in [-0.25, -0.2) is 0 Å². The predicted molar refractivity (Wildman–Crippen MR) is 108 cm³/mol. The molecule has 13 heteroatoms. The Hall–Kier alpha value is -2.91. The van der Waals surface area contributed by atoms with E-state index in [1.54, 1.807) is 12.1 Å². The zero-order valence-corrected chi connectivity index (χ0v) is 17.6. The molecule has 3 rings (SSSR count). The van der Waals surface area contributed by atoms with Crippen LogP contribution in [0.5, 0.6) is 0 Å². The molecule has 5 nitrogen and oxygen atoms in total. The van der Waals surface area contributed by atoms with Gasteiger partial charge in [-0.2, -0.15) is 33.4 Å². The van der Waals surface area contributed by atoms with Crippen LogP contribution in [0.25, 0.3) is 11.0 Å². The van der Waals surface area contributed by atoms with E-state index < -0.39 is 40.6 Å². The van der Waals surface area contributed by atoms with Crippen LogP contribution in [0.3, 0.4) is 0 Å². The van der Waals surface area contributed by atoms with E-state index in [1.807, 2.05) is 0 Å². The molecule has 0 N–H and O–H groups in total. The van der Waals surface area contributed by atoms with Crippen LogP contribution < -0.4 is 0 Å². The summed E-state index contributed by atoms with van der Waals surface area (Å²) in [7, 11) is 0. The van der Waals surface area contributed by atoms with E-state index in [0.29, 0.717) is 10.9 Å². The van der Waals surface area contributed by atoms with Crippen molar-refractivity contribution in [3.8, 4) is 6.07 Å². The van der Waals surface area contributed by atoms with E-state index in [-0.39, 0.29) is 21.0 Å². The van der Waals surface area contributed by atoms with Gasteiger partial charge in [0.05, 0.1) is 18.2 Å². The standard InChI is InChI=1S/C19H12ClF6N5S/c1-17(9-27,31(19(24,25)26)16(32)11-5-3-2-4-6-11)10-30-28-14-8-12(20)7-13(15(14)29-30)18(21,22)23/h2-8H,10H2,1H3. The number of rotatable bonds is 4. The fourth-order valence-corrected chi connectivity index (χ4v) is 3.73. The van der Waals surface area contributed by atoms with Crippen molar-refractivity contribution in [1.29, 1.82) is 5.26 Å². The van der Waals surface area contributed by atoms with Gasteiger partial charge < -0.3 is 0 Å². The number of aromatic nitrogens is 3. The number of hydrogen-bond acceptors (Lipinski definition) is 4. The van der Waals surface area contributed by atoms with E-state index in [0.717, 1.165) is 13.0 Å². The zero-order chi connectivity index (χ0) is 23.9. The lowest BCUT2D eigenvalue weighted by Gasteiger charge is -2.38. The molecule has 0 amide bonds. The Morgan fingerprint density at radius 1 is 1.12 bits per heavy atom. The van der Waals surface area contributed by atoms with Gasteiger partial charge in [0.1, 0.15) is 16.0 Å². The number of nitriles is 1. The predicted octanol–water partition coefficient (Wildman–Crippen LogP) is 5.58. The summed E-state index contributed by atoms with van der Waals surface area (Å²) < 4.78 is 82.0. The summed E-state index contributed by atoms with van der Waals surface area (Å²) >= 11 is 10.7. The van der Waals surface area contributed by atoms with Crippen LogP contribution in [-0.4, -0.2) is 36.7 Å². The molecule has 168 valence electrons. The van der Waals surface area contributed by atoms with Crippen LogP contribution in [0.15, 0.2) is 42.5 Å². The van der Waals surface area contributed by atoms with Crippen molar-refractivity contribution in [2.45, 2.75) is 31.5 Å². The van der Waals surface area contributed by atoms with Crippen molar-refractivity contribution < 1.29 is 26.3 Å². The molecule has 0 spiro atoms. The average molecular weight is 492 g/mol. The van der Waals surface area contributed by atoms with Crippen molar-refractivity contribution >= 4 is 39.8 Å². The summed E-state index contributed by atoms with van der Waals surface area (Å²) in [5.41, 5.74) is -4.44. The monoisotopic (exact) mass is 491 g/mol. The second-order valence-corrected chi connectivity index (χ2v) is 7.73. The largest absolute Gasteiger partial charge is 0.486 e. The lowest BCUT2D eigenvalue weighted by atomic mass is 10.0. The SMILES string of the molecule is CC(C#N)(Cn1nc2cc(Cl)cc(C(F)(F)F)c2n1)N(C(=S)c1ccccc1)C(F)(F)F. The van der Waals surface area contributed by atoms with Crippen LogP contribution in [-0.2, 0) is 12.7 Å². The van der Waals surface area contributed by atoms with Gasteiger partial charge in [0.2, 0.25) is 0 Å². The summed E-state index contributed by atoms with van der Waals surface area (Å²) in [5, 5.41) is 16.9. The Labute approximate surface area is 187 Å². The van der Waals surface area contributed by atoms with Crippen molar-refractivity contribution in [2.75, 3.05) is 0 Å². The number of nitrogens with zero attached hydrogens (tertiary/aromatic N) is 5. The van der Waals surface area contributed by atoms with Crippen LogP contribution in [0, 0.1) is 11.3 Å². The van der Waals surface area contributed by atoms with Crippen LogP contribution >= 0.6 is 23.8 Å². The molecular formula is C19H12ClF6N5S. The summed E-state index contributed by atoms with van der Waals surface area (Å²) in [6.07, 6.45) is -9.90. The highest BCUT2D eigenvalue weighted by atomic mass is 35.5. The summed E-state index contributed by atoms with van der Waals surface area (Å²) in [4.78, 5) is -0.305. The first-order valence-electron chi connectivity index (χ1n) is 8.75. The quantitative estimate of drug-likeness (QED) is 0.271. The Morgan fingerprint density at radius 3 is 2.28 bits per heavy atom. The maximum Gasteiger partial charge on any atom is 0.486 e. The van der Waals surface area contributed by atoms with Gasteiger partial charge in [-0.05, 0) is 19.1 Å². The van der Waals surface area contributed by atoms with E-state index in [9.17, 15) is 31.6 Å². The Morgan fingerprint density at radius 2 is 1.75 bits per heavy atom. The topological polar surface area (TPSA) is 57.7 Å². The normalized spacial score (nSPS) is 14.1. The van der Waals surface area contributed by atoms with Crippen LogP contribution in [0.1, 0.15) is 18.1 Å². The first kappa shape index (κ1) is 23.7. The third-order valence-corrected chi connectivity index (χ3v) is 5.10. The first-order valence-corrected chi connectivity index (χ1v) is 9.54. The van der Waals surface area contributed by atoms with E-state index in [1.165, 1.54) is 24.3 Å². The molecule has 0 saturated carbocycles. The zero-order valence-electron chi connectivity index (χ0n) is 16.0. The van der Waals surface area contributed by atoms with E-state index >= 15 is 0 Å². The van der Waals surface area contributed by atoms with Crippen LogP contribution in [0.2, 0.25) is 5.02 Å². The summed E-state index contributed by atoms with van der Waals surface area (Å²) in [5.74, 6) is 0. The lowest BCUT2D eigenvalue weighted by molar-refractivity contribution is -0.237. The van der Waals surface area contributed by atoms with Crippen molar-refractivity contribution in [2.24, 2.45) is 0 Å². The fourth-order valence-electron chi connectivity index (χ4n) is 3.08. The Kier molecular flexibility index (Phi) is 6.10. The number of alkyl halides is 6. The molecule has 1 atom stereocenters. The number of fused-ring (bicyclic) bond motifs is 1. The fraction of sp³-hybridized carbons (Fsp3) is 0.263. The van der Waals surface area contributed by atoms with Gasteiger partial charge in [-0.15, -0.1) is 13.2 Å². The molecule has 1 aromatic heterocycles. The summed E-state index contributed by atoms with van der Waals surface area (Å²) in [6.45, 7) is 0.112. The van der Waals surface area contributed by atoms with Crippen LogP contribution in [0.4, 0.5) is 26.3 Å². The number of hydrogen-bond donors (Lipinski definition) is 0. The molecule has 0 fully saturated rings. The lowest BCUT2D eigenvalue weighted by Crippen LogP contribution is -2.58. The van der Waals surface area contributed by atoms with Gasteiger partial charge in [-0.1, -0.05) is 54.2 Å². The molecule has 0 aliphatic carbocycles. The van der Waals surface area contributed by atoms with Crippen molar-refractivity contribution in [3.05, 3.63) is 58.6 Å². The van der Waals surface area contributed by atoms with Gasteiger partial charge >= 0.3 is 12.5 Å². The highest BCUT2D eigenvalue weighted by molar-refractivity contribution is 7.80. The highest BCUT2D eigenvalue weighted by Gasteiger charge is 2.51. The summed E-state index contributed by atoms with van der Waals surface area (Å²) in [6, 6.07) is 10.5. The minimum Gasteiger partial charge on any atom is -0.253 e. The third kappa shape index (κ3) is 4.63. The second-order valence-electron chi connectivity index (χ2n) is 6.91. The third-order valence-electron chi connectivity index (χ3n) is 4.46. The molecule has 2 aromatic carbocycles. The molecule has 0 saturated heterocycles. The van der Waals surface area contributed by atoms with Gasteiger partial charge in [0.15, 0.2) is 5.54 Å². The number of halogens is 7. The van der Waals surface area contributed by atoms with Gasteiger partial charge in [0, 0.05) is 10.6 Å². The van der Waals surface area contributed by atoms with Gasteiger partial charge in [0.25, 0.3) is 0 Å². The maximum absolute atomic E-state index is 14.0. The highest BCUT2D eigenvalue weighted by Crippen LogP contribution is 2.37. The van der Waals surface area contributed by atoms with Crippen molar-refractivity contribution in [1.82, 2.24) is 19.9 Å². The molecule has 3 aromatic rings. The maximum atomic E-state index is 14.0. The number of benzene rings is 2. The Balaban J connectivity index is 2.09. The molecule has 1 heterocycles. The Bertz CT molecular complexity index is 1200. The first-order chi connectivity index (χ1) is 14.8. The molecule has 0 aliphatic rings. The van der Waals surface area contributed by atoms with Gasteiger partial charge in [-0.3, -0.25) is 4.90 Å². The number of thiocarbonyl (C=S) groups is 1. The average Bonchev–Trinajstić information content (AvgIpc) is 3.07. The molecule has 1 unspecified atom stereocenters. The molecular weight excluding hydrogens is 480 g/mol. The second kappa shape index (κ2) is 8.22. The molecule has 32 heavy (non-hydrogen) atoms. The van der Waals surface area contributed by atoms with E-state index in [2.05, 4.69) is 10.2 Å². The van der Waals surface area contributed by atoms with Crippen molar-refractivity contribution in [3.63, 3.8) is 0 Å². The molecule has 0 aliphatic heterocycles. The minimum absolute atomic E-state index is 0.0334. The molecule has 0 radical (unpaired) electrons. The minimum atomic E-state index is -5.08.